The zero-order chi connectivity index (χ0) is 15.6. The van der Waals surface area contributed by atoms with Crippen LogP contribution in [0.1, 0.15) is 31.1 Å². The average molecular weight is 301 g/mol. The van der Waals surface area contributed by atoms with Crippen LogP contribution >= 0.6 is 0 Å². The Bertz CT molecular complexity index is 572. The second-order valence-electron chi connectivity index (χ2n) is 5.27. The lowest BCUT2D eigenvalue weighted by molar-refractivity contribution is 0.0697. The van der Waals surface area contributed by atoms with Gasteiger partial charge in [0.1, 0.15) is 0 Å². The fraction of sp³-hybridized carbons (Fsp3) is 0.462. The molecule has 0 saturated heterocycles. The fourth-order valence-corrected chi connectivity index (χ4v) is 2.96. The first kappa shape index (κ1) is 16.5. The summed E-state index contributed by atoms with van der Waals surface area (Å²) < 4.78 is 25.0. The summed E-state index contributed by atoms with van der Waals surface area (Å²) in [6.07, 6.45) is 0. The lowest BCUT2D eigenvalue weighted by Crippen LogP contribution is -2.44. The molecular weight excluding hydrogens is 282 g/mol. The van der Waals surface area contributed by atoms with Crippen LogP contribution in [0.3, 0.4) is 0 Å². The molecule has 0 fully saturated rings. The Labute approximate surface area is 118 Å². The lowest BCUT2D eigenvalue weighted by atomic mass is 10.2. The van der Waals surface area contributed by atoms with Gasteiger partial charge in [0.2, 0.25) is 10.0 Å². The second-order valence-corrected chi connectivity index (χ2v) is 7.88. The van der Waals surface area contributed by atoms with E-state index in [0.717, 1.165) is 4.31 Å². The maximum absolute atomic E-state index is 12.5. The topological polar surface area (TPSA) is 94.9 Å². The van der Waals surface area contributed by atoms with E-state index < -0.39 is 20.7 Å². The molecule has 2 N–H and O–H groups in total. The van der Waals surface area contributed by atoms with E-state index in [1.807, 2.05) is 0 Å². The van der Waals surface area contributed by atoms with E-state index in [1.165, 1.54) is 24.3 Å². The van der Waals surface area contributed by atoms with Crippen molar-refractivity contribution in [3.63, 3.8) is 0 Å². The van der Waals surface area contributed by atoms with Gasteiger partial charge in [0.05, 0.1) is 29.1 Å². The number of carboxylic acid groups (broad SMARTS) is 1. The maximum Gasteiger partial charge on any atom is 0.335 e. The molecule has 0 radical (unpaired) electrons. The van der Waals surface area contributed by atoms with Crippen LogP contribution in [0.4, 0.5) is 5.69 Å². The number of carbonyl (C=O) groups is 1. The number of aromatic carboxylic acids is 1. The number of hydrogen-bond acceptors (Lipinski definition) is 4. The molecule has 0 bridgehead atoms. The molecule has 1 aromatic carbocycles. The van der Waals surface area contributed by atoms with Crippen LogP contribution in [-0.4, -0.2) is 42.5 Å². The maximum atomic E-state index is 12.5. The molecule has 1 aromatic rings. The summed E-state index contributed by atoms with van der Waals surface area (Å²) in [6, 6.07) is 5.51. The molecule has 0 unspecified atom stereocenters. The summed E-state index contributed by atoms with van der Waals surface area (Å²) in [6.45, 7) is 4.30. The first-order chi connectivity index (χ1) is 9.11. The number of sulfonamides is 1. The average Bonchev–Trinajstić information content (AvgIpc) is 2.34. The van der Waals surface area contributed by atoms with Gasteiger partial charge in [0.15, 0.2) is 0 Å². The van der Waals surface area contributed by atoms with E-state index in [-0.39, 0.29) is 18.7 Å². The van der Waals surface area contributed by atoms with Gasteiger partial charge < -0.3 is 10.2 Å². The van der Waals surface area contributed by atoms with Crippen LogP contribution in [-0.2, 0) is 10.0 Å². The molecule has 0 aliphatic rings. The molecule has 0 heterocycles. The van der Waals surface area contributed by atoms with Gasteiger partial charge in [-0.15, -0.1) is 0 Å². The third-order valence-corrected chi connectivity index (χ3v) is 5.29. The number of rotatable bonds is 5. The highest BCUT2D eigenvalue weighted by Gasteiger charge is 2.35. The van der Waals surface area contributed by atoms with Crippen LogP contribution in [0.5, 0.6) is 0 Å². The molecular formula is C13H19NO5S. The zero-order valence-corrected chi connectivity index (χ0v) is 12.5. The Hall–Kier alpha value is -1.60. The van der Waals surface area contributed by atoms with Crippen molar-refractivity contribution in [2.24, 2.45) is 0 Å². The van der Waals surface area contributed by atoms with Crippen LogP contribution in [0.25, 0.3) is 0 Å². The summed E-state index contributed by atoms with van der Waals surface area (Å²) >= 11 is 0. The molecule has 0 aromatic heterocycles. The lowest BCUT2D eigenvalue weighted by Gasteiger charge is -2.31. The van der Waals surface area contributed by atoms with Crippen molar-refractivity contribution in [3.8, 4) is 0 Å². The minimum absolute atomic E-state index is 0.0749. The zero-order valence-electron chi connectivity index (χ0n) is 11.7. The van der Waals surface area contributed by atoms with Crippen molar-refractivity contribution in [2.75, 3.05) is 17.5 Å². The van der Waals surface area contributed by atoms with Crippen molar-refractivity contribution in [2.45, 2.75) is 25.5 Å². The summed E-state index contributed by atoms with van der Waals surface area (Å²) in [5.41, 5.74) is 0.407. The molecule has 112 valence electrons. The highest BCUT2D eigenvalue weighted by atomic mass is 32.2. The molecule has 0 saturated carbocycles. The number of nitrogens with zero attached hydrogens (tertiary/aromatic N) is 1. The van der Waals surface area contributed by atoms with E-state index >= 15 is 0 Å². The summed E-state index contributed by atoms with van der Waals surface area (Å²) in [4.78, 5) is 10.8. The van der Waals surface area contributed by atoms with Crippen LogP contribution in [0, 0.1) is 0 Å². The van der Waals surface area contributed by atoms with Crippen LogP contribution in [0.2, 0.25) is 0 Å². The minimum atomic E-state index is -3.66. The molecule has 0 atom stereocenters. The molecule has 1 rings (SSSR count). The molecule has 0 spiro atoms. The number of benzene rings is 1. The summed E-state index contributed by atoms with van der Waals surface area (Å²) in [7, 11) is -3.66. The van der Waals surface area contributed by atoms with Gasteiger partial charge in [-0.2, -0.15) is 0 Å². The van der Waals surface area contributed by atoms with Gasteiger partial charge in [0.25, 0.3) is 0 Å². The van der Waals surface area contributed by atoms with E-state index in [2.05, 4.69) is 0 Å². The number of aliphatic hydroxyl groups is 1. The van der Waals surface area contributed by atoms with Crippen molar-refractivity contribution >= 4 is 21.7 Å². The van der Waals surface area contributed by atoms with Gasteiger partial charge in [-0.05, 0) is 45.0 Å². The Kier molecular flexibility index (Phi) is 4.77. The smallest absolute Gasteiger partial charge is 0.335 e. The largest absolute Gasteiger partial charge is 0.478 e. The highest BCUT2D eigenvalue weighted by Crippen LogP contribution is 2.26. The van der Waals surface area contributed by atoms with Crippen LogP contribution < -0.4 is 4.31 Å². The van der Waals surface area contributed by atoms with Crippen LogP contribution in [0.15, 0.2) is 24.3 Å². The predicted octanol–water partition coefficient (Wildman–Crippen LogP) is 1.31. The summed E-state index contributed by atoms with van der Waals surface area (Å²) in [5.74, 6) is -1.08. The van der Waals surface area contributed by atoms with E-state index in [4.69, 9.17) is 10.2 Å². The quantitative estimate of drug-likeness (QED) is 0.855. The molecule has 0 aliphatic carbocycles. The Balaban J connectivity index is 3.25. The Morgan fingerprint density at radius 2 is 1.70 bits per heavy atom. The second kappa shape index (κ2) is 5.80. The third-order valence-electron chi connectivity index (χ3n) is 2.77. The number of hydrogen-bond donors (Lipinski definition) is 2. The van der Waals surface area contributed by atoms with Gasteiger partial charge >= 0.3 is 5.97 Å². The normalized spacial score (nSPS) is 12.2. The fourth-order valence-electron chi connectivity index (χ4n) is 1.58. The first-order valence-corrected chi connectivity index (χ1v) is 7.52. The number of anilines is 1. The van der Waals surface area contributed by atoms with E-state index in [9.17, 15) is 13.2 Å². The molecule has 6 nitrogen and oxygen atoms in total. The Morgan fingerprint density at radius 1 is 1.20 bits per heavy atom. The number of carboxylic acids is 1. The van der Waals surface area contributed by atoms with Crippen molar-refractivity contribution in [3.05, 3.63) is 29.8 Å². The number of aliphatic hydroxyl groups excluding tert-OH is 1. The van der Waals surface area contributed by atoms with Gasteiger partial charge in [-0.1, -0.05) is 0 Å². The SMILES string of the molecule is CC(C)(C)S(=O)(=O)N(CCO)c1ccc(C(=O)O)cc1. The third kappa shape index (κ3) is 3.29. The van der Waals surface area contributed by atoms with Gasteiger partial charge in [-0.3, -0.25) is 4.31 Å². The first-order valence-electron chi connectivity index (χ1n) is 6.08. The Morgan fingerprint density at radius 3 is 2.05 bits per heavy atom. The predicted molar refractivity (Wildman–Crippen MR) is 76.5 cm³/mol. The minimum Gasteiger partial charge on any atom is -0.478 e. The standard InChI is InChI=1S/C13H19NO5S/c1-13(2,3)20(18,19)14(8-9-15)11-6-4-10(5-7-11)12(16)17/h4-7,15H,8-9H2,1-3H3,(H,16,17). The van der Waals surface area contributed by atoms with E-state index in [0.29, 0.717) is 5.69 Å². The molecule has 0 amide bonds. The summed E-state index contributed by atoms with van der Waals surface area (Å²) in [5, 5.41) is 17.9. The van der Waals surface area contributed by atoms with E-state index in [1.54, 1.807) is 20.8 Å². The van der Waals surface area contributed by atoms with Crippen molar-refractivity contribution < 1.29 is 23.4 Å². The van der Waals surface area contributed by atoms with Gasteiger partial charge in [0, 0.05) is 0 Å². The monoisotopic (exact) mass is 301 g/mol. The molecule has 0 aliphatic heterocycles. The van der Waals surface area contributed by atoms with Gasteiger partial charge in [-0.25, -0.2) is 13.2 Å². The van der Waals surface area contributed by atoms with Crippen molar-refractivity contribution in [1.82, 2.24) is 0 Å². The highest BCUT2D eigenvalue weighted by molar-refractivity contribution is 7.94. The molecule has 7 heteroatoms. The molecule has 20 heavy (non-hydrogen) atoms. The van der Waals surface area contributed by atoms with Crippen molar-refractivity contribution in [1.29, 1.82) is 0 Å².